The van der Waals surface area contributed by atoms with Gasteiger partial charge in [-0.15, -0.1) is 0 Å². The predicted molar refractivity (Wildman–Crippen MR) is 106 cm³/mol. The van der Waals surface area contributed by atoms with Crippen LogP contribution in [0.4, 0.5) is 0 Å². The van der Waals surface area contributed by atoms with Gasteiger partial charge in [0.05, 0.1) is 0 Å². The van der Waals surface area contributed by atoms with Crippen LogP contribution in [0.15, 0.2) is 58.4 Å². The van der Waals surface area contributed by atoms with Crippen LogP contribution in [0.25, 0.3) is 0 Å². The highest BCUT2D eigenvalue weighted by molar-refractivity contribution is 8.23. The summed E-state index contributed by atoms with van der Waals surface area (Å²) in [5.74, 6) is 0.459. The van der Waals surface area contributed by atoms with E-state index in [1.54, 1.807) is 0 Å². The van der Waals surface area contributed by atoms with E-state index in [1.807, 2.05) is 24.3 Å². The lowest BCUT2D eigenvalue weighted by atomic mass is 9.86. The van der Waals surface area contributed by atoms with E-state index in [9.17, 15) is 0 Å². The fraction of sp³-hybridized carbons (Fsp3) is 0.263. The van der Waals surface area contributed by atoms with E-state index >= 15 is 0 Å². The van der Waals surface area contributed by atoms with E-state index in [-0.39, 0.29) is 5.41 Å². The monoisotopic (exact) mass is 342 g/mol. The number of nitrogens with zero attached hydrogens (tertiary/aromatic N) is 1. The summed E-state index contributed by atoms with van der Waals surface area (Å²) in [5.41, 5.74) is 9.57. The van der Waals surface area contributed by atoms with Gasteiger partial charge in [0, 0.05) is 10.5 Å². The minimum Gasteiger partial charge on any atom is -0.383 e. The molecule has 2 aromatic rings. The Labute approximate surface area is 148 Å². The Balaban J connectivity index is 2.15. The SMILES string of the molecule is Cc1ccc(SC(=S)/N=C(\N)c2cccc(C(C)(C)C)c2)cc1. The highest BCUT2D eigenvalue weighted by atomic mass is 32.2. The fourth-order valence-electron chi connectivity index (χ4n) is 2.04. The predicted octanol–water partition coefficient (Wildman–Crippen LogP) is 5.08. The minimum atomic E-state index is 0.0768. The van der Waals surface area contributed by atoms with Gasteiger partial charge in [-0.05, 0) is 36.1 Å². The van der Waals surface area contributed by atoms with Crippen molar-refractivity contribution in [2.45, 2.75) is 38.0 Å². The number of benzene rings is 2. The molecule has 0 fully saturated rings. The second-order valence-corrected chi connectivity index (χ2v) is 8.22. The van der Waals surface area contributed by atoms with Crippen LogP contribution >= 0.6 is 24.0 Å². The van der Waals surface area contributed by atoms with Crippen molar-refractivity contribution >= 4 is 34.1 Å². The van der Waals surface area contributed by atoms with Crippen LogP contribution in [0, 0.1) is 6.92 Å². The minimum absolute atomic E-state index is 0.0768. The van der Waals surface area contributed by atoms with E-state index < -0.39 is 0 Å². The van der Waals surface area contributed by atoms with Gasteiger partial charge in [-0.3, -0.25) is 0 Å². The average Bonchev–Trinajstić information content (AvgIpc) is 2.49. The number of aliphatic imine (C=N–C) groups is 1. The molecule has 23 heavy (non-hydrogen) atoms. The zero-order chi connectivity index (χ0) is 17.0. The lowest BCUT2D eigenvalue weighted by Crippen LogP contribution is -2.17. The zero-order valence-electron chi connectivity index (χ0n) is 14.0. The second kappa shape index (κ2) is 7.28. The summed E-state index contributed by atoms with van der Waals surface area (Å²) >= 11 is 6.80. The summed E-state index contributed by atoms with van der Waals surface area (Å²) in [4.78, 5) is 5.45. The molecule has 0 spiro atoms. The van der Waals surface area contributed by atoms with Gasteiger partial charge >= 0.3 is 0 Å². The van der Waals surface area contributed by atoms with Crippen LogP contribution in [0.1, 0.15) is 37.5 Å². The summed E-state index contributed by atoms with van der Waals surface area (Å²) in [6, 6.07) is 16.4. The number of amidine groups is 1. The van der Waals surface area contributed by atoms with Crippen LogP contribution in [0.3, 0.4) is 0 Å². The van der Waals surface area contributed by atoms with Gasteiger partial charge in [0.1, 0.15) is 5.84 Å². The first kappa shape index (κ1) is 17.7. The van der Waals surface area contributed by atoms with Gasteiger partial charge < -0.3 is 5.73 Å². The molecule has 2 nitrogen and oxygen atoms in total. The molecular formula is C19H22N2S2. The first-order chi connectivity index (χ1) is 10.8. The van der Waals surface area contributed by atoms with E-state index in [4.69, 9.17) is 18.0 Å². The molecule has 4 heteroatoms. The molecule has 0 amide bonds. The first-order valence-corrected chi connectivity index (χ1v) is 8.72. The number of nitrogens with two attached hydrogens (primary N) is 1. The maximum Gasteiger partial charge on any atom is 0.166 e. The van der Waals surface area contributed by atoms with Crippen molar-refractivity contribution in [2.75, 3.05) is 0 Å². The lowest BCUT2D eigenvalue weighted by molar-refractivity contribution is 0.590. The molecule has 0 radical (unpaired) electrons. The molecule has 0 aromatic heterocycles. The summed E-state index contributed by atoms with van der Waals surface area (Å²) in [7, 11) is 0. The largest absolute Gasteiger partial charge is 0.383 e. The molecule has 0 saturated carbocycles. The fourth-order valence-corrected chi connectivity index (χ4v) is 3.04. The Morgan fingerprint density at radius 3 is 2.35 bits per heavy atom. The molecule has 0 atom stereocenters. The third-order valence-electron chi connectivity index (χ3n) is 3.46. The number of rotatable bonds is 2. The van der Waals surface area contributed by atoms with E-state index in [0.29, 0.717) is 10.2 Å². The summed E-state index contributed by atoms with van der Waals surface area (Å²) in [6.45, 7) is 8.59. The Hall–Kier alpha value is -1.65. The van der Waals surface area contributed by atoms with Crippen LogP contribution in [0.2, 0.25) is 0 Å². The molecule has 120 valence electrons. The van der Waals surface area contributed by atoms with Crippen LogP contribution < -0.4 is 5.73 Å². The maximum absolute atomic E-state index is 6.14. The van der Waals surface area contributed by atoms with Crippen LogP contribution in [0.5, 0.6) is 0 Å². The number of thioether (sulfide) groups is 1. The van der Waals surface area contributed by atoms with Crippen LogP contribution in [-0.4, -0.2) is 10.2 Å². The number of hydrogen-bond acceptors (Lipinski definition) is 2. The second-order valence-electron chi connectivity index (χ2n) is 6.51. The van der Waals surface area contributed by atoms with Gasteiger partial charge in [0.15, 0.2) is 4.32 Å². The molecule has 0 bridgehead atoms. The van der Waals surface area contributed by atoms with Crippen molar-refractivity contribution in [1.29, 1.82) is 0 Å². The lowest BCUT2D eigenvalue weighted by Gasteiger charge is -2.19. The Bertz CT molecular complexity index is 726. The molecule has 0 saturated heterocycles. The topological polar surface area (TPSA) is 38.4 Å². The highest BCUT2D eigenvalue weighted by Crippen LogP contribution is 2.24. The summed E-state index contributed by atoms with van der Waals surface area (Å²) < 4.78 is 0.521. The highest BCUT2D eigenvalue weighted by Gasteiger charge is 2.14. The Morgan fingerprint density at radius 2 is 1.74 bits per heavy atom. The van der Waals surface area contributed by atoms with Crippen molar-refractivity contribution < 1.29 is 0 Å². The summed E-state index contributed by atoms with van der Waals surface area (Å²) in [6.07, 6.45) is 0. The standard InChI is InChI=1S/C19H22N2S2/c1-13-8-10-16(11-9-13)23-18(22)21-17(20)14-6-5-7-15(12-14)19(2,3)4/h5-12H,1-4H3,(H2,20,21,22). The molecular weight excluding hydrogens is 320 g/mol. The van der Waals surface area contributed by atoms with Crippen molar-refractivity contribution in [3.8, 4) is 0 Å². The van der Waals surface area contributed by atoms with Gasteiger partial charge in [-0.1, -0.05) is 80.6 Å². The van der Waals surface area contributed by atoms with Gasteiger partial charge in [-0.25, -0.2) is 4.99 Å². The molecule has 0 heterocycles. The number of thiocarbonyl (C=S) groups is 1. The van der Waals surface area contributed by atoms with Crippen molar-refractivity contribution in [3.05, 3.63) is 65.2 Å². The Morgan fingerprint density at radius 1 is 1.09 bits per heavy atom. The normalized spacial score (nSPS) is 12.3. The third-order valence-corrected chi connectivity index (χ3v) is 4.58. The molecule has 0 aliphatic heterocycles. The molecule has 0 unspecified atom stereocenters. The molecule has 2 rings (SSSR count). The molecule has 2 N–H and O–H groups in total. The van der Waals surface area contributed by atoms with Crippen molar-refractivity contribution in [1.82, 2.24) is 0 Å². The van der Waals surface area contributed by atoms with Gasteiger partial charge in [0.25, 0.3) is 0 Å². The van der Waals surface area contributed by atoms with E-state index in [2.05, 4.69) is 57.0 Å². The smallest absolute Gasteiger partial charge is 0.166 e. The molecule has 0 aliphatic carbocycles. The number of aryl methyl sites for hydroxylation is 1. The Kier molecular flexibility index (Phi) is 5.60. The zero-order valence-corrected chi connectivity index (χ0v) is 15.6. The van der Waals surface area contributed by atoms with Gasteiger partial charge in [0.2, 0.25) is 0 Å². The first-order valence-electron chi connectivity index (χ1n) is 7.49. The van der Waals surface area contributed by atoms with Gasteiger partial charge in [-0.2, -0.15) is 0 Å². The average molecular weight is 343 g/mol. The quantitative estimate of drug-likeness (QED) is 0.358. The van der Waals surface area contributed by atoms with Crippen molar-refractivity contribution in [3.63, 3.8) is 0 Å². The third kappa shape index (κ3) is 5.19. The van der Waals surface area contributed by atoms with E-state index in [1.165, 1.54) is 22.9 Å². The maximum atomic E-state index is 6.14. The van der Waals surface area contributed by atoms with E-state index in [0.717, 1.165) is 10.5 Å². The molecule has 0 aliphatic rings. The number of hydrogen-bond donors (Lipinski definition) is 1. The van der Waals surface area contributed by atoms with Crippen molar-refractivity contribution in [2.24, 2.45) is 10.7 Å². The van der Waals surface area contributed by atoms with Crippen LogP contribution in [-0.2, 0) is 5.41 Å². The summed E-state index contributed by atoms with van der Waals surface area (Å²) in [5, 5.41) is 0. The molecule has 2 aromatic carbocycles.